The molecule has 5 aromatic heterocycles. The minimum atomic E-state index is -1.26. The Balaban J connectivity index is 0.000000157. The van der Waals surface area contributed by atoms with Gasteiger partial charge in [-0.1, -0.05) is 49.0 Å². The molecule has 0 radical (unpaired) electrons. The van der Waals surface area contributed by atoms with Crippen LogP contribution in [0, 0.1) is 35.5 Å². The normalized spacial score (nSPS) is 16.9. The lowest BCUT2D eigenvalue weighted by Gasteiger charge is -2.31. The van der Waals surface area contributed by atoms with Gasteiger partial charge in [-0.2, -0.15) is 0 Å². The number of rotatable bonds is 32. The first kappa shape index (κ1) is 82.1. The summed E-state index contributed by atoms with van der Waals surface area (Å²) in [4.78, 5) is 49.5. The second kappa shape index (κ2) is 40.9. The minimum absolute atomic E-state index is 0.426. The molecule has 0 atom stereocenters. The molecule has 586 valence electrons. The van der Waals surface area contributed by atoms with E-state index in [9.17, 15) is 19.2 Å². The Labute approximate surface area is 639 Å². The van der Waals surface area contributed by atoms with Crippen molar-refractivity contribution in [3.63, 3.8) is 0 Å². The van der Waals surface area contributed by atoms with Gasteiger partial charge in [0.25, 0.3) is 0 Å². The summed E-state index contributed by atoms with van der Waals surface area (Å²) in [5.41, 5.74) is 9.26. The van der Waals surface area contributed by atoms with E-state index in [1.54, 1.807) is 12.1 Å². The number of fused-ring (bicyclic) bond motifs is 3. The lowest BCUT2D eigenvalue weighted by atomic mass is 9.91. The van der Waals surface area contributed by atoms with Crippen LogP contribution in [0.1, 0.15) is 142 Å². The van der Waals surface area contributed by atoms with Gasteiger partial charge in [0.1, 0.15) is 17.2 Å². The number of carbonyl (C=O) groups is 4. The molecule has 5 N–H and O–H groups in total. The maximum atomic E-state index is 9.55. The maximum Gasteiger partial charge on any atom is 0.328 e. The average Bonchev–Trinajstić information content (AvgIpc) is 1.76. The number of hydrogen-bond acceptors (Lipinski definition) is 23. The number of carboxylic acids is 4. The van der Waals surface area contributed by atoms with Crippen molar-refractivity contribution in [3.8, 4) is 17.2 Å². The van der Waals surface area contributed by atoms with Gasteiger partial charge in [0.05, 0.1) is 66.7 Å². The molecule has 8 heterocycles. The van der Waals surface area contributed by atoms with Gasteiger partial charge in [-0.25, -0.2) is 19.2 Å². The molecule has 3 saturated carbocycles. The summed E-state index contributed by atoms with van der Waals surface area (Å²) in [7, 11) is 12.5. The maximum absolute atomic E-state index is 9.55. The van der Waals surface area contributed by atoms with Crippen molar-refractivity contribution in [1.29, 1.82) is 0 Å². The van der Waals surface area contributed by atoms with Crippen molar-refractivity contribution in [1.82, 2.24) is 55.6 Å². The van der Waals surface area contributed by atoms with Crippen LogP contribution in [0.3, 0.4) is 0 Å². The second-order valence-corrected chi connectivity index (χ2v) is 30.9. The zero-order valence-corrected chi connectivity index (χ0v) is 64.4. The van der Waals surface area contributed by atoms with E-state index >= 15 is 0 Å². The van der Waals surface area contributed by atoms with Crippen molar-refractivity contribution in [3.05, 3.63) is 128 Å². The summed E-state index contributed by atoms with van der Waals surface area (Å²) >= 11 is 11.7. The molecule has 3 aliphatic heterocycles. The molecule has 29 heteroatoms. The fraction of sp³-hybridized carbons (Fsp3) is 0.557. The number of likely N-dealkylation sites (tertiary alicyclic amines) is 2. The van der Waals surface area contributed by atoms with Crippen molar-refractivity contribution < 1.29 is 76.4 Å². The van der Waals surface area contributed by atoms with E-state index in [1.165, 1.54) is 83.5 Å². The highest BCUT2D eigenvalue weighted by Gasteiger charge is 2.30. The van der Waals surface area contributed by atoms with Crippen LogP contribution < -0.4 is 19.5 Å². The van der Waals surface area contributed by atoms with E-state index in [0.29, 0.717) is 46.4 Å². The standard InChI is InChI=1S/2C25H33ClN4O3.C21H31N3O2.2C4H4O4/c2*1-29(2)15-21-23(31-16-18-3-4-18)8-6-20-22(27-33-25(20)21)7-5-17-9-11-30(12-10-17)14-19-13-24(26)28-32-19;1-24(2)13-18-20(25-14-16-3-4-16)8-6-17-19(23-26-21(17)18)7-5-15-9-11-22-12-10-15;2*5-3(6)1-2-4(7)8/h2*6,8,13,17-18H,3-5,7,9-12,14-16H2,1-2H3;6,8,15-16,22H,3-5,7,9-14H2,1-2H3;2*1-2H,(H,5,6)(H,7,8)/b;;;2*2-1+. The highest BCUT2D eigenvalue weighted by molar-refractivity contribution is 6.29. The quantitative estimate of drug-likeness (QED) is 0.0245. The molecule has 8 aromatic rings. The number of benzene rings is 3. The Morgan fingerprint density at radius 3 is 0.991 bits per heavy atom. The number of nitrogens with zero attached hydrogens (tertiary/aromatic N) is 10. The first-order chi connectivity index (χ1) is 52.0. The average molecular weight is 1540 g/mol. The highest BCUT2D eigenvalue weighted by atomic mass is 35.5. The van der Waals surface area contributed by atoms with E-state index in [1.807, 2.05) is 0 Å². The molecule has 3 aromatic carbocycles. The molecule has 6 fully saturated rings. The Morgan fingerprint density at radius 2 is 0.731 bits per heavy atom. The highest BCUT2D eigenvalue weighted by Crippen LogP contribution is 2.39. The Kier molecular flexibility index (Phi) is 31.1. The summed E-state index contributed by atoms with van der Waals surface area (Å²) in [5.74, 6) is 3.87. The van der Waals surface area contributed by atoms with E-state index < -0.39 is 23.9 Å². The van der Waals surface area contributed by atoms with Gasteiger partial charge in [0, 0.05) is 72.2 Å². The number of aryl methyl sites for hydroxylation is 3. The zero-order chi connectivity index (χ0) is 76.6. The summed E-state index contributed by atoms with van der Waals surface area (Å²) in [6.45, 7) is 12.9. The van der Waals surface area contributed by atoms with Crippen LogP contribution in [0.15, 0.2) is 95.5 Å². The Morgan fingerprint density at radius 1 is 0.435 bits per heavy atom. The van der Waals surface area contributed by atoms with Gasteiger partial charge < -0.3 is 77.3 Å². The number of nitrogens with one attached hydrogen (secondary N) is 1. The molecule has 3 saturated heterocycles. The molecule has 0 bridgehead atoms. The van der Waals surface area contributed by atoms with Crippen LogP contribution in [0.25, 0.3) is 32.9 Å². The van der Waals surface area contributed by atoms with E-state index in [2.05, 4.69) is 134 Å². The van der Waals surface area contributed by atoms with Gasteiger partial charge >= 0.3 is 23.9 Å². The number of halogens is 2. The smallest absolute Gasteiger partial charge is 0.328 e. The first-order valence-corrected chi connectivity index (χ1v) is 38.5. The lowest BCUT2D eigenvalue weighted by Crippen LogP contribution is -2.33. The number of carboxylic acid groups (broad SMARTS) is 4. The molecule has 0 unspecified atom stereocenters. The van der Waals surface area contributed by atoms with Gasteiger partial charge in [-0.3, -0.25) is 9.80 Å². The Bertz CT molecular complexity index is 4010. The van der Waals surface area contributed by atoms with Crippen molar-refractivity contribution in [2.75, 3.05) is 101 Å². The third-order valence-electron chi connectivity index (χ3n) is 20.1. The van der Waals surface area contributed by atoms with E-state index in [4.69, 9.17) is 80.5 Å². The fourth-order valence-electron chi connectivity index (χ4n) is 13.6. The van der Waals surface area contributed by atoms with Crippen LogP contribution in [0.5, 0.6) is 17.2 Å². The van der Waals surface area contributed by atoms with Gasteiger partial charge in [-0.05, 0) is 269 Å². The lowest BCUT2D eigenvalue weighted by molar-refractivity contribution is -0.134. The molecule has 108 heavy (non-hydrogen) atoms. The van der Waals surface area contributed by atoms with Crippen LogP contribution >= 0.6 is 23.2 Å². The topological polar surface area (TPSA) is 335 Å². The van der Waals surface area contributed by atoms with Crippen LogP contribution in [-0.2, 0) is 71.2 Å². The summed E-state index contributed by atoms with van der Waals surface area (Å²) in [6.07, 6.45) is 23.6. The largest absolute Gasteiger partial charge is 0.493 e. The van der Waals surface area contributed by atoms with E-state index in [-0.39, 0.29) is 0 Å². The van der Waals surface area contributed by atoms with Gasteiger partial charge in [0.2, 0.25) is 0 Å². The molecule has 0 spiro atoms. The molecule has 14 rings (SSSR count). The number of hydrogen-bond donors (Lipinski definition) is 5. The minimum Gasteiger partial charge on any atom is -0.493 e. The molecule has 3 aliphatic carbocycles. The Hall–Kier alpha value is -8.41. The predicted octanol–water partition coefficient (Wildman–Crippen LogP) is 13.4. The second-order valence-electron chi connectivity index (χ2n) is 30.1. The predicted molar refractivity (Wildman–Crippen MR) is 407 cm³/mol. The third kappa shape index (κ3) is 26.7. The van der Waals surface area contributed by atoms with Crippen LogP contribution in [0.4, 0.5) is 0 Å². The number of ether oxygens (including phenoxy) is 3. The van der Waals surface area contributed by atoms with Gasteiger partial charge in [0.15, 0.2) is 38.6 Å². The number of aromatic nitrogens is 5. The summed E-state index contributed by atoms with van der Waals surface area (Å²) < 4.78 is 46.5. The van der Waals surface area contributed by atoms with Crippen molar-refractivity contribution in [2.24, 2.45) is 35.5 Å². The SMILES string of the molecule is CN(C)Cc1c(OCC2CC2)ccc2c(CCC3CCN(Cc4cc(Cl)no4)CC3)noc12.CN(C)Cc1c(OCC2CC2)ccc2c(CCC3CCN(Cc4cc(Cl)no4)CC3)noc12.CN(C)Cc1c(OCC2CC2)ccc2c(CCC3CCNCC3)noc12.O=C(O)/C=C/C(=O)O.O=C(O)/C=C/C(=O)O. The number of piperidine rings is 3. The van der Waals surface area contributed by atoms with Crippen molar-refractivity contribution >= 4 is 80.0 Å². The summed E-state index contributed by atoms with van der Waals surface area (Å²) in [6, 6.07) is 16.4. The molecule has 27 nitrogen and oxygen atoms in total. The van der Waals surface area contributed by atoms with E-state index in [0.717, 1.165) is 243 Å². The van der Waals surface area contributed by atoms with Crippen LogP contribution in [-0.4, -0.2) is 196 Å². The molecule has 0 amide bonds. The molecule has 6 aliphatic rings. The fourth-order valence-corrected chi connectivity index (χ4v) is 13.9. The molecular weight excluding hydrogens is 1430 g/mol. The van der Waals surface area contributed by atoms with Crippen LogP contribution in [0.2, 0.25) is 10.3 Å². The first-order valence-electron chi connectivity index (χ1n) is 37.7. The monoisotopic (exact) mass is 1530 g/mol. The van der Waals surface area contributed by atoms with Gasteiger partial charge in [-0.15, -0.1) is 0 Å². The molecular formula is C79H105Cl2N11O16. The van der Waals surface area contributed by atoms with Crippen molar-refractivity contribution in [2.45, 2.75) is 148 Å². The zero-order valence-electron chi connectivity index (χ0n) is 62.9. The summed E-state index contributed by atoms with van der Waals surface area (Å²) in [5, 5.41) is 59.9. The third-order valence-corrected chi connectivity index (χ3v) is 20.4. The number of aliphatic carboxylic acids is 4.